The second-order valence-electron chi connectivity index (χ2n) is 12.3. The molecule has 0 spiro atoms. The fourth-order valence-corrected chi connectivity index (χ4v) is 7.86. The van der Waals surface area contributed by atoms with Gasteiger partial charge in [0.1, 0.15) is 5.01 Å². The van der Waals surface area contributed by atoms with E-state index in [1.54, 1.807) is 11.3 Å². The average Bonchev–Trinajstić information content (AvgIpc) is 3.66. The summed E-state index contributed by atoms with van der Waals surface area (Å²) in [5.41, 5.74) is 10.2. The lowest BCUT2D eigenvalue weighted by Crippen LogP contribution is -2.15. The smallest absolute Gasteiger partial charge is 0.164 e. The molecule has 218 valence electrons. The normalized spacial score (nSPS) is 13.2. The van der Waals surface area contributed by atoms with Crippen LogP contribution >= 0.6 is 11.3 Å². The van der Waals surface area contributed by atoms with E-state index >= 15 is 0 Å². The molecule has 0 fully saturated rings. The first-order valence-electron chi connectivity index (χ1n) is 15.5. The maximum Gasteiger partial charge on any atom is 0.164 e. The van der Waals surface area contributed by atoms with Gasteiger partial charge in [0.25, 0.3) is 0 Å². The summed E-state index contributed by atoms with van der Waals surface area (Å²) in [4.78, 5) is 20.1. The van der Waals surface area contributed by atoms with Gasteiger partial charge in [0.15, 0.2) is 17.5 Å². The maximum absolute atomic E-state index is 5.10. The predicted molar refractivity (Wildman–Crippen MR) is 190 cm³/mol. The molecule has 0 saturated carbocycles. The second kappa shape index (κ2) is 10.3. The van der Waals surface area contributed by atoms with Gasteiger partial charge in [0.05, 0.1) is 10.2 Å². The molecule has 0 bridgehead atoms. The van der Waals surface area contributed by atoms with E-state index in [4.69, 9.17) is 19.9 Å². The van der Waals surface area contributed by atoms with Gasteiger partial charge in [-0.2, -0.15) is 0 Å². The third-order valence-corrected chi connectivity index (χ3v) is 10.3. The lowest BCUT2D eigenvalue weighted by Gasteiger charge is -2.21. The topological polar surface area (TPSA) is 51.6 Å². The van der Waals surface area contributed by atoms with Crippen molar-refractivity contribution in [2.45, 2.75) is 19.3 Å². The molecule has 5 heteroatoms. The second-order valence-corrected chi connectivity index (χ2v) is 13.3. The van der Waals surface area contributed by atoms with Crippen molar-refractivity contribution in [2.24, 2.45) is 0 Å². The van der Waals surface area contributed by atoms with Gasteiger partial charge in [-0.25, -0.2) is 19.9 Å². The van der Waals surface area contributed by atoms with Crippen LogP contribution in [0.25, 0.3) is 76.9 Å². The fourth-order valence-electron chi connectivity index (χ4n) is 6.75. The van der Waals surface area contributed by atoms with Crippen LogP contribution in [0, 0.1) is 0 Å². The molecule has 9 rings (SSSR count). The number of hydrogen-bond donors (Lipinski definition) is 0. The Morgan fingerprint density at radius 1 is 0.478 bits per heavy atom. The van der Waals surface area contributed by atoms with E-state index in [0.29, 0.717) is 17.5 Å². The van der Waals surface area contributed by atoms with Gasteiger partial charge in [0.2, 0.25) is 0 Å². The molecule has 0 N–H and O–H groups in total. The summed E-state index contributed by atoms with van der Waals surface area (Å²) in [5, 5.41) is 3.34. The first kappa shape index (κ1) is 26.8. The minimum Gasteiger partial charge on any atom is -0.236 e. The lowest BCUT2D eigenvalue weighted by molar-refractivity contribution is 0.660. The molecule has 0 atom stereocenters. The molecule has 8 aromatic rings. The molecule has 2 heterocycles. The molecule has 0 saturated heterocycles. The van der Waals surface area contributed by atoms with Crippen LogP contribution in [0.2, 0.25) is 0 Å². The quantitative estimate of drug-likeness (QED) is 0.199. The molecule has 0 radical (unpaired) electrons. The largest absolute Gasteiger partial charge is 0.236 e. The highest BCUT2D eigenvalue weighted by Crippen LogP contribution is 2.49. The average molecular weight is 609 g/mol. The first-order valence-corrected chi connectivity index (χ1v) is 16.3. The van der Waals surface area contributed by atoms with Crippen molar-refractivity contribution in [2.75, 3.05) is 0 Å². The highest BCUT2D eigenvalue weighted by atomic mass is 32.1. The van der Waals surface area contributed by atoms with Crippen LogP contribution in [0.1, 0.15) is 25.0 Å². The van der Waals surface area contributed by atoms with E-state index in [1.807, 2.05) is 24.3 Å². The van der Waals surface area contributed by atoms with Crippen molar-refractivity contribution in [1.82, 2.24) is 19.9 Å². The molecule has 1 aliphatic carbocycles. The zero-order valence-corrected chi connectivity index (χ0v) is 26.2. The van der Waals surface area contributed by atoms with Crippen molar-refractivity contribution < 1.29 is 0 Å². The molecule has 1 aliphatic rings. The highest BCUT2D eigenvalue weighted by Gasteiger charge is 2.35. The number of aromatic nitrogens is 4. The summed E-state index contributed by atoms with van der Waals surface area (Å²) in [6.45, 7) is 4.60. The van der Waals surface area contributed by atoms with E-state index < -0.39 is 0 Å². The summed E-state index contributed by atoms with van der Waals surface area (Å²) in [6, 6.07) is 46.6. The van der Waals surface area contributed by atoms with Crippen LogP contribution in [0.4, 0.5) is 0 Å². The van der Waals surface area contributed by atoms with E-state index in [-0.39, 0.29) is 5.41 Å². The highest BCUT2D eigenvalue weighted by molar-refractivity contribution is 7.22. The first-order chi connectivity index (χ1) is 22.5. The molecule has 0 aliphatic heterocycles. The van der Waals surface area contributed by atoms with E-state index in [2.05, 4.69) is 123 Å². The molecule has 0 amide bonds. The van der Waals surface area contributed by atoms with Gasteiger partial charge in [-0.1, -0.05) is 129 Å². The van der Waals surface area contributed by atoms with Crippen LogP contribution < -0.4 is 0 Å². The zero-order valence-electron chi connectivity index (χ0n) is 25.4. The molecule has 4 nitrogen and oxygen atoms in total. The Bertz CT molecular complexity index is 2450. The summed E-state index contributed by atoms with van der Waals surface area (Å²) in [7, 11) is 0. The van der Waals surface area contributed by atoms with Gasteiger partial charge in [-0.15, -0.1) is 11.3 Å². The number of nitrogens with zero attached hydrogens (tertiary/aromatic N) is 4. The molecular formula is C41H28N4S. The summed E-state index contributed by atoms with van der Waals surface area (Å²) < 4.78 is 1.19. The Hall–Kier alpha value is -5.52. The van der Waals surface area contributed by atoms with Crippen LogP contribution in [-0.2, 0) is 5.41 Å². The van der Waals surface area contributed by atoms with Gasteiger partial charge < -0.3 is 0 Å². The SMILES string of the molecule is CC1(C)c2ccccc2-c2ccc(-c3nc(-c4ccccc4)nc(-c4ccc5c(ccc6nc(-c7ccccc7)sc65)c4)n3)cc21. The Kier molecular flexibility index (Phi) is 5.99. The summed E-state index contributed by atoms with van der Waals surface area (Å²) in [6.07, 6.45) is 0. The fraction of sp³-hybridized carbons (Fsp3) is 0.0732. The van der Waals surface area contributed by atoms with Crippen molar-refractivity contribution in [3.05, 3.63) is 145 Å². The van der Waals surface area contributed by atoms with E-state index in [1.165, 1.54) is 32.3 Å². The number of benzene rings is 6. The van der Waals surface area contributed by atoms with E-state index in [9.17, 15) is 0 Å². The van der Waals surface area contributed by atoms with Crippen LogP contribution in [0.5, 0.6) is 0 Å². The molecule has 46 heavy (non-hydrogen) atoms. The van der Waals surface area contributed by atoms with E-state index in [0.717, 1.165) is 38.2 Å². The number of fused-ring (bicyclic) bond motifs is 6. The maximum atomic E-state index is 5.10. The monoisotopic (exact) mass is 608 g/mol. The minimum atomic E-state index is -0.110. The molecular weight excluding hydrogens is 581 g/mol. The van der Waals surface area contributed by atoms with Gasteiger partial charge >= 0.3 is 0 Å². The minimum absolute atomic E-state index is 0.110. The van der Waals surface area contributed by atoms with Gasteiger partial charge in [0, 0.05) is 33.1 Å². The van der Waals surface area contributed by atoms with Gasteiger partial charge in [-0.05, 0) is 45.8 Å². The third-order valence-electron chi connectivity index (χ3n) is 9.16. The Balaban J connectivity index is 1.18. The number of rotatable bonds is 4. The van der Waals surface area contributed by atoms with Crippen molar-refractivity contribution >= 4 is 32.3 Å². The molecule has 0 unspecified atom stereocenters. The van der Waals surface area contributed by atoms with Crippen LogP contribution in [-0.4, -0.2) is 19.9 Å². The number of hydrogen-bond acceptors (Lipinski definition) is 5. The third kappa shape index (κ3) is 4.27. The zero-order chi connectivity index (χ0) is 30.8. The lowest BCUT2D eigenvalue weighted by atomic mass is 9.82. The predicted octanol–water partition coefficient (Wildman–Crippen LogP) is 10.6. The summed E-state index contributed by atoms with van der Waals surface area (Å²) >= 11 is 1.73. The van der Waals surface area contributed by atoms with Crippen LogP contribution in [0.15, 0.2) is 133 Å². The van der Waals surface area contributed by atoms with Crippen LogP contribution in [0.3, 0.4) is 0 Å². The Morgan fingerprint density at radius 3 is 1.85 bits per heavy atom. The van der Waals surface area contributed by atoms with Crippen molar-refractivity contribution in [3.8, 4) is 55.9 Å². The van der Waals surface area contributed by atoms with Crippen molar-refractivity contribution in [1.29, 1.82) is 0 Å². The Labute approximate surface area is 271 Å². The Morgan fingerprint density at radius 2 is 1.09 bits per heavy atom. The standard InChI is InChI=1S/C41H28N4S/c1-41(2)33-16-10-9-15-31(33)32-21-18-29(24-34(32)41)39-44-37(25-11-5-3-6-12-25)43-38(45-39)28-17-20-30-27(23-28)19-22-35-36(30)46-40(42-35)26-13-7-4-8-14-26/h3-24H,1-2H3. The number of thiazole rings is 1. The molecule has 2 aromatic heterocycles. The van der Waals surface area contributed by atoms with Gasteiger partial charge in [-0.3, -0.25) is 0 Å². The van der Waals surface area contributed by atoms with Crippen molar-refractivity contribution in [3.63, 3.8) is 0 Å². The summed E-state index contributed by atoms with van der Waals surface area (Å²) in [5.74, 6) is 1.99. The molecule has 6 aromatic carbocycles.